The van der Waals surface area contributed by atoms with Crippen molar-refractivity contribution in [2.24, 2.45) is 5.73 Å². The third kappa shape index (κ3) is 1.81. The maximum absolute atomic E-state index is 10.6. The first-order valence-electron chi connectivity index (χ1n) is 2.61. The smallest absolute Gasteiger partial charge is 0.167 e. The van der Waals surface area contributed by atoms with Gasteiger partial charge >= 0.3 is 0 Å². The Balaban J connectivity index is 0.000000640. The number of alkyl halides is 1. The molecule has 2 nitrogen and oxygen atoms in total. The third-order valence-electron chi connectivity index (χ3n) is 1.37. The molecule has 0 spiro atoms. The highest BCUT2D eigenvalue weighted by atomic mass is 35.5. The van der Waals surface area contributed by atoms with Gasteiger partial charge in [0.2, 0.25) is 0 Å². The van der Waals surface area contributed by atoms with Gasteiger partial charge in [-0.3, -0.25) is 4.79 Å². The Bertz CT molecular complexity index is 122. The van der Waals surface area contributed by atoms with Gasteiger partial charge in [-0.05, 0) is 12.8 Å². The minimum absolute atomic E-state index is 0. The molecule has 0 radical (unpaired) electrons. The molecule has 0 aromatic carbocycles. The molecule has 0 bridgehead atoms. The van der Waals surface area contributed by atoms with E-state index in [2.05, 4.69) is 0 Å². The molecular weight excluding hydrogens is 161 g/mol. The van der Waals surface area contributed by atoms with Gasteiger partial charge in [0.25, 0.3) is 0 Å². The second-order valence-electron chi connectivity index (χ2n) is 2.09. The molecule has 1 aliphatic rings. The maximum atomic E-state index is 10.6. The lowest BCUT2D eigenvalue weighted by Crippen LogP contribution is -2.24. The van der Waals surface area contributed by atoms with Crippen LogP contribution in [0.2, 0.25) is 0 Å². The van der Waals surface area contributed by atoms with Crippen LogP contribution in [0.15, 0.2) is 0 Å². The van der Waals surface area contributed by atoms with E-state index in [1.807, 2.05) is 0 Å². The Hall–Kier alpha value is 0.210. The molecule has 2 N–H and O–H groups in total. The molecule has 0 saturated heterocycles. The quantitative estimate of drug-likeness (QED) is 0.620. The van der Waals surface area contributed by atoms with Gasteiger partial charge in [-0.1, -0.05) is 0 Å². The fourth-order valence-electron chi connectivity index (χ4n) is 0.571. The summed E-state index contributed by atoms with van der Waals surface area (Å²) in [5.74, 6) is -0.0147. The number of carbonyl (C=O) groups is 1. The minimum Gasteiger partial charge on any atom is -0.324 e. The molecule has 0 heterocycles. The summed E-state index contributed by atoms with van der Waals surface area (Å²) >= 11 is 5.67. The van der Waals surface area contributed by atoms with Crippen LogP contribution in [0.3, 0.4) is 0 Å². The van der Waals surface area contributed by atoms with Crippen LogP contribution < -0.4 is 5.73 Å². The summed E-state index contributed by atoms with van der Waals surface area (Å²) in [5.41, 5.74) is 5.06. The third-order valence-corrected chi connectivity index (χ3v) is 1.96. The molecule has 0 amide bonds. The number of ketones is 1. The van der Waals surface area contributed by atoms with E-state index in [0.29, 0.717) is 0 Å². The fraction of sp³-hybridized carbons (Fsp3) is 0.800. The molecule has 0 atom stereocenters. The van der Waals surface area contributed by atoms with Crippen molar-refractivity contribution >= 4 is 29.8 Å². The number of Topliss-reactive ketones (excluding diaryl/α,β-unsaturated/α-hetero) is 1. The van der Waals surface area contributed by atoms with Crippen molar-refractivity contribution in [2.75, 3.05) is 6.54 Å². The molecular formula is C5H9Cl2NO. The van der Waals surface area contributed by atoms with Crippen molar-refractivity contribution in [3.05, 3.63) is 0 Å². The number of carbonyl (C=O) groups excluding carboxylic acids is 1. The molecule has 0 unspecified atom stereocenters. The number of rotatable bonds is 2. The van der Waals surface area contributed by atoms with Crippen molar-refractivity contribution in [3.8, 4) is 0 Å². The van der Waals surface area contributed by atoms with Gasteiger partial charge in [0.1, 0.15) is 4.87 Å². The van der Waals surface area contributed by atoms with Crippen LogP contribution in [0.5, 0.6) is 0 Å². The topological polar surface area (TPSA) is 43.1 Å². The number of hydrogen-bond donors (Lipinski definition) is 1. The summed E-state index contributed by atoms with van der Waals surface area (Å²) in [6.45, 7) is 0.0868. The van der Waals surface area contributed by atoms with Gasteiger partial charge in [0.15, 0.2) is 5.78 Å². The second kappa shape index (κ2) is 2.86. The van der Waals surface area contributed by atoms with E-state index >= 15 is 0 Å². The molecule has 0 aliphatic heterocycles. The molecule has 1 rings (SSSR count). The number of hydrogen-bond acceptors (Lipinski definition) is 2. The van der Waals surface area contributed by atoms with E-state index in [-0.39, 0.29) is 24.7 Å². The zero-order valence-corrected chi connectivity index (χ0v) is 6.47. The van der Waals surface area contributed by atoms with Crippen molar-refractivity contribution < 1.29 is 4.79 Å². The molecule has 0 aromatic heterocycles. The van der Waals surface area contributed by atoms with Gasteiger partial charge in [0.05, 0.1) is 6.54 Å². The Morgan fingerprint density at radius 3 is 2.22 bits per heavy atom. The summed E-state index contributed by atoms with van der Waals surface area (Å²) in [6.07, 6.45) is 1.62. The van der Waals surface area contributed by atoms with Crippen LogP contribution in [-0.4, -0.2) is 17.2 Å². The summed E-state index contributed by atoms with van der Waals surface area (Å²) in [7, 11) is 0. The molecule has 1 fully saturated rings. The average Bonchev–Trinajstić information content (AvgIpc) is 2.47. The van der Waals surface area contributed by atoms with Gasteiger partial charge in [0, 0.05) is 0 Å². The Kier molecular flexibility index (Phi) is 2.93. The molecule has 4 heteroatoms. The van der Waals surface area contributed by atoms with Crippen LogP contribution >= 0.6 is 24.0 Å². The summed E-state index contributed by atoms with van der Waals surface area (Å²) in [6, 6.07) is 0. The van der Waals surface area contributed by atoms with E-state index in [0.717, 1.165) is 12.8 Å². The zero-order chi connectivity index (χ0) is 6.20. The highest BCUT2D eigenvalue weighted by molar-refractivity contribution is 6.37. The lowest BCUT2D eigenvalue weighted by atomic mass is 10.3. The predicted molar refractivity (Wildman–Crippen MR) is 39.1 cm³/mol. The van der Waals surface area contributed by atoms with Crippen LogP contribution in [0.25, 0.3) is 0 Å². The lowest BCUT2D eigenvalue weighted by Gasteiger charge is -1.98. The van der Waals surface area contributed by atoms with Gasteiger partial charge in [-0.2, -0.15) is 0 Å². The predicted octanol–water partition coefficient (Wildman–Crippen LogP) is 0.707. The molecule has 1 aliphatic carbocycles. The lowest BCUT2D eigenvalue weighted by molar-refractivity contribution is -0.118. The molecule has 54 valence electrons. The standard InChI is InChI=1S/C5H8ClNO.ClH/c6-5(1-2-5)4(8)3-7;/h1-3,7H2;1H. The summed E-state index contributed by atoms with van der Waals surface area (Å²) in [4.78, 5) is 10.1. The van der Waals surface area contributed by atoms with Crippen molar-refractivity contribution in [1.29, 1.82) is 0 Å². The Labute approximate surface area is 65.2 Å². The molecule has 1 saturated carbocycles. The normalized spacial score (nSPS) is 20.2. The Morgan fingerprint density at radius 1 is 1.67 bits per heavy atom. The first-order chi connectivity index (χ1) is 3.69. The molecule has 9 heavy (non-hydrogen) atoms. The Morgan fingerprint density at radius 2 is 2.11 bits per heavy atom. The van der Waals surface area contributed by atoms with E-state index in [4.69, 9.17) is 17.3 Å². The van der Waals surface area contributed by atoms with Crippen molar-refractivity contribution in [2.45, 2.75) is 17.7 Å². The monoisotopic (exact) mass is 169 g/mol. The van der Waals surface area contributed by atoms with Crippen LogP contribution in [0, 0.1) is 0 Å². The van der Waals surface area contributed by atoms with E-state index in [1.54, 1.807) is 0 Å². The van der Waals surface area contributed by atoms with E-state index in [1.165, 1.54) is 0 Å². The number of nitrogens with two attached hydrogens (primary N) is 1. The first kappa shape index (κ1) is 9.21. The minimum atomic E-state index is -0.533. The van der Waals surface area contributed by atoms with Crippen LogP contribution in [0.1, 0.15) is 12.8 Å². The SMILES string of the molecule is Cl.NCC(=O)C1(Cl)CC1. The second-order valence-corrected chi connectivity index (χ2v) is 2.82. The average molecular weight is 170 g/mol. The fourth-order valence-corrected chi connectivity index (χ4v) is 0.743. The summed E-state index contributed by atoms with van der Waals surface area (Å²) in [5, 5.41) is 0. The van der Waals surface area contributed by atoms with Gasteiger partial charge in [-0.15, -0.1) is 24.0 Å². The maximum Gasteiger partial charge on any atom is 0.167 e. The zero-order valence-electron chi connectivity index (χ0n) is 4.89. The van der Waals surface area contributed by atoms with E-state index in [9.17, 15) is 4.79 Å². The largest absolute Gasteiger partial charge is 0.324 e. The van der Waals surface area contributed by atoms with Crippen molar-refractivity contribution in [3.63, 3.8) is 0 Å². The molecule has 0 aromatic rings. The van der Waals surface area contributed by atoms with Gasteiger partial charge in [-0.25, -0.2) is 0 Å². The highest BCUT2D eigenvalue weighted by Crippen LogP contribution is 2.42. The van der Waals surface area contributed by atoms with Crippen LogP contribution in [0.4, 0.5) is 0 Å². The van der Waals surface area contributed by atoms with Crippen LogP contribution in [-0.2, 0) is 4.79 Å². The van der Waals surface area contributed by atoms with Crippen molar-refractivity contribution in [1.82, 2.24) is 0 Å². The number of halogens is 2. The van der Waals surface area contributed by atoms with Gasteiger partial charge < -0.3 is 5.73 Å². The first-order valence-corrected chi connectivity index (χ1v) is 2.99. The summed E-state index contributed by atoms with van der Waals surface area (Å²) < 4.78 is 0. The van der Waals surface area contributed by atoms with E-state index < -0.39 is 4.87 Å². The highest BCUT2D eigenvalue weighted by Gasteiger charge is 2.46.